The summed E-state index contributed by atoms with van der Waals surface area (Å²) in [6.07, 6.45) is 0.805. The third kappa shape index (κ3) is 3.30. The van der Waals surface area contributed by atoms with Gasteiger partial charge >= 0.3 is 5.97 Å². The molecular formula is C22H16N2O4S. The number of nitrogens with zero attached hydrogens (tertiary/aromatic N) is 2. The van der Waals surface area contributed by atoms with Crippen molar-refractivity contribution in [3.8, 4) is 10.8 Å². The van der Waals surface area contributed by atoms with Crippen LogP contribution in [-0.4, -0.2) is 30.0 Å². The molecule has 0 fully saturated rings. The molecule has 0 atom stereocenters. The van der Waals surface area contributed by atoms with E-state index in [1.807, 2.05) is 48.5 Å². The van der Waals surface area contributed by atoms with Crippen LogP contribution in [0.3, 0.4) is 0 Å². The fourth-order valence-electron chi connectivity index (χ4n) is 3.41. The summed E-state index contributed by atoms with van der Waals surface area (Å²) in [5, 5.41) is 0.690. The lowest BCUT2D eigenvalue weighted by Crippen LogP contribution is -2.33. The number of fused-ring (bicyclic) bond motifs is 2. The SMILES string of the molecule is O=C(OCC(=O)N1CCc2ccccc21)c1ccc(-c2nc3ccccc3s2)o1. The maximum Gasteiger partial charge on any atom is 0.374 e. The number of carbonyl (C=O) groups is 2. The van der Waals surface area contributed by atoms with Crippen molar-refractivity contribution in [2.45, 2.75) is 6.42 Å². The lowest BCUT2D eigenvalue weighted by Gasteiger charge is -2.16. The number of anilines is 1. The highest BCUT2D eigenvalue weighted by Crippen LogP contribution is 2.31. The Labute approximate surface area is 170 Å². The van der Waals surface area contributed by atoms with Crippen LogP contribution in [0.4, 0.5) is 5.69 Å². The third-order valence-corrected chi connectivity index (χ3v) is 5.88. The van der Waals surface area contributed by atoms with Gasteiger partial charge < -0.3 is 14.1 Å². The van der Waals surface area contributed by atoms with Crippen molar-refractivity contribution in [1.82, 2.24) is 4.98 Å². The molecule has 1 aliphatic rings. The van der Waals surface area contributed by atoms with Crippen LogP contribution in [0.15, 0.2) is 65.1 Å². The van der Waals surface area contributed by atoms with E-state index in [2.05, 4.69) is 4.98 Å². The minimum atomic E-state index is -0.668. The quantitative estimate of drug-likeness (QED) is 0.474. The molecule has 4 aromatic rings. The Bertz CT molecular complexity index is 1190. The van der Waals surface area contributed by atoms with Crippen LogP contribution >= 0.6 is 11.3 Å². The first-order chi connectivity index (χ1) is 14.2. The average Bonchev–Trinajstić information content (AvgIpc) is 3.48. The molecule has 7 heteroatoms. The van der Waals surface area contributed by atoms with E-state index in [1.54, 1.807) is 17.0 Å². The highest BCUT2D eigenvalue weighted by molar-refractivity contribution is 7.21. The first-order valence-corrected chi connectivity index (χ1v) is 10.0. The van der Waals surface area contributed by atoms with Gasteiger partial charge in [-0.3, -0.25) is 4.79 Å². The van der Waals surface area contributed by atoms with Crippen LogP contribution in [-0.2, 0) is 16.0 Å². The summed E-state index contributed by atoms with van der Waals surface area (Å²) in [7, 11) is 0. The van der Waals surface area contributed by atoms with Gasteiger partial charge in [0.2, 0.25) is 5.76 Å². The van der Waals surface area contributed by atoms with E-state index in [1.165, 1.54) is 11.3 Å². The molecule has 1 aliphatic heterocycles. The van der Waals surface area contributed by atoms with E-state index < -0.39 is 5.97 Å². The van der Waals surface area contributed by atoms with E-state index in [0.29, 0.717) is 17.3 Å². The van der Waals surface area contributed by atoms with Gasteiger partial charge in [-0.1, -0.05) is 30.3 Å². The largest absolute Gasteiger partial charge is 0.450 e. The van der Waals surface area contributed by atoms with Crippen molar-refractivity contribution in [1.29, 1.82) is 0 Å². The second-order valence-corrected chi connectivity index (χ2v) is 7.68. The molecule has 0 bridgehead atoms. The summed E-state index contributed by atoms with van der Waals surface area (Å²) >= 11 is 1.49. The molecule has 0 radical (unpaired) electrons. The zero-order valence-electron chi connectivity index (χ0n) is 15.3. The van der Waals surface area contributed by atoms with Crippen molar-refractivity contribution in [3.63, 3.8) is 0 Å². The Morgan fingerprint density at radius 2 is 1.90 bits per heavy atom. The topological polar surface area (TPSA) is 72.6 Å². The molecule has 1 amide bonds. The molecule has 0 saturated carbocycles. The number of rotatable bonds is 4. The summed E-state index contributed by atoms with van der Waals surface area (Å²) in [6.45, 7) is 0.266. The Morgan fingerprint density at radius 1 is 1.07 bits per heavy atom. The van der Waals surface area contributed by atoms with Crippen LogP contribution in [0.5, 0.6) is 0 Å². The number of hydrogen-bond donors (Lipinski definition) is 0. The maximum absolute atomic E-state index is 12.5. The fraction of sp³-hybridized carbons (Fsp3) is 0.136. The highest BCUT2D eigenvalue weighted by Gasteiger charge is 2.25. The number of benzene rings is 2. The normalized spacial score (nSPS) is 12.9. The second-order valence-electron chi connectivity index (χ2n) is 6.65. The van der Waals surface area contributed by atoms with Gasteiger partial charge in [0.05, 0.1) is 10.2 Å². The monoisotopic (exact) mass is 404 g/mol. The predicted molar refractivity (Wildman–Crippen MR) is 110 cm³/mol. The van der Waals surface area contributed by atoms with Crippen LogP contribution in [0.2, 0.25) is 0 Å². The molecule has 0 spiro atoms. The van der Waals surface area contributed by atoms with E-state index >= 15 is 0 Å². The lowest BCUT2D eigenvalue weighted by atomic mass is 10.2. The number of ether oxygens (including phenoxy) is 1. The van der Waals surface area contributed by atoms with Gasteiger partial charge in [0.15, 0.2) is 17.4 Å². The number of hydrogen-bond acceptors (Lipinski definition) is 6. The number of thiazole rings is 1. The van der Waals surface area contributed by atoms with Gasteiger partial charge in [-0.15, -0.1) is 11.3 Å². The molecule has 2 aromatic carbocycles. The predicted octanol–water partition coefficient (Wildman–Crippen LogP) is 4.30. The summed E-state index contributed by atoms with van der Waals surface area (Å²) in [5.74, 6) is -0.369. The van der Waals surface area contributed by atoms with Crippen LogP contribution in [0.25, 0.3) is 21.0 Å². The molecule has 29 heavy (non-hydrogen) atoms. The smallest absolute Gasteiger partial charge is 0.374 e. The van der Waals surface area contributed by atoms with Crippen molar-refractivity contribution < 1.29 is 18.7 Å². The minimum Gasteiger partial charge on any atom is -0.450 e. The highest BCUT2D eigenvalue weighted by atomic mass is 32.1. The van der Waals surface area contributed by atoms with Crippen LogP contribution in [0.1, 0.15) is 16.1 Å². The van der Waals surface area contributed by atoms with Crippen molar-refractivity contribution in [2.24, 2.45) is 0 Å². The Hall–Kier alpha value is -3.45. The number of carbonyl (C=O) groups excluding carboxylic acids is 2. The summed E-state index contributed by atoms with van der Waals surface area (Å²) in [4.78, 5) is 31.0. The van der Waals surface area contributed by atoms with Gasteiger partial charge in [0.25, 0.3) is 5.91 Å². The van der Waals surface area contributed by atoms with Crippen molar-refractivity contribution in [2.75, 3.05) is 18.1 Å². The number of esters is 1. The number of para-hydroxylation sites is 2. The Balaban J connectivity index is 1.25. The average molecular weight is 404 g/mol. The van der Waals surface area contributed by atoms with E-state index in [0.717, 1.165) is 27.9 Å². The van der Waals surface area contributed by atoms with Crippen LogP contribution < -0.4 is 4.90 Å². The minimum absolute atomic E-state index is 0.0499. The third-order valence-electron chi connectivity index (χ3n) is 4.83. The summed E-state index contributed by atoms with van der Waals surface area (Å²) in [5.41, 5.74) is 2.88. The zero-order chi connectivity index (χ0) is 19.8. The first-order valence-electron chi connectivity index (χ1n) is 9.20. The van der Waals surface area contributed by atoms with E-state index in [4.69, 9.17) is 9.15 Å². The zero-order valence-corrected chi connectivity index (χ0v) is 16.1. The molecule has 5 rings (SSSR count). The fourth-order valence-corrected chi connectivity index (χ4v) is 4.34. The van der Waals surface area contributed by atoms with Gasteiger partial charge in [0, 0.05) is 12.2 Å². The van der Waals surface area contributed by atoms with Crippen LogP contribution in [0, 0.1) is 0 Å². The summed E-state index contributed by atoms with van der Waals surface area (Å²) < 4.78 is 11.8. The van der Waals surface area contributed by atoms with Crippen molar-refractivity contribution >= 4 is 39.1 Å². The van der Waals surface area contributed by atoms with Gasteiger partial charge in [-0.2, -0.15) is 0 Å². The van der Waals surface area contributed by atoms with Gasteiger partial charge in [0.1, 0.15) is 0 Å². The first kappa shape index (κ1) is 17.6. The number of amides is 1. The second kappa shape index (κ2) is 7.18. The molecule has 0 unspecified atom stereocenters. The molecule has 6 nitrogen and oxygen atoms in total. The van der Waals surface area contributed by atoms with Crippen molar-refractivity contribution in [3.05, 3.63) is 72.0 Å². The molecule has 0 saturated heterocycles. The molecule has 144 valence electrons. The molecule has 0 N–H and O–H groups in total. The van der Waals surface area contributed by atoms with E-state index in [-0.39, 0.29) is 18.3 Å². The molecule has 3 heterocycles. The lowest BCUT2D eigenvalue weighted by molar-refractivity contribution is -0.121. The molecule has 2 aromatic heterocycles. The Kier molecular flexibility index (Phi) is 4.37. The Morgan fingerprint density at radius 3 is 2.79 bits per heavy atom. The number of aromatic nitrogens is 1. The molecule has 0 aliphatic carbocycles. The molecular weight excluding hydrogens is 388 g/mol. The standard InChI is InChI=1S/C22H16N2O4S/c25-20(24-12-11-14-5-1-3-7-16(14)24)13-27-22(26)18-10-9-17(28-18)21-23-15-6-2-4-8-19(15)29-21/h1-10H,11-13H2. The van der Waals surface area contributed by atoms with Gasteiger partial charge in [-0.25, -0.2) is 9.78 Å². The maximum atomic E-state index is 12.5. The van der Waals surface area contributed by atoms with E-state index in [9.17, 15) is 9.59 Å². The summed E-state index contributed by atoms with van der Waals surface area (Å²) in [6, 6.07) is 18.8. The number of furan rings is 1. The van der Waals surface area contributed by atoms with Gasteiger partial charge in [-0.05, 0) is 42.3 Å².